The van der Waals surface area contributed by atoms with E-state index in [1.54, 1.807) is 23.5 Å². The van der Waals surface area contributed by atoms with Gasteiger partial charge in [-0.15, -0.1) is 11.3 Å². The molecule has 0 aliphatic carbocycles. The van der Waals surface area contributed by atoms with Crippen molar-refractivity contribution in [1.82, 2.24) is 5.32 Å². The minimum Gasteiger partial charge on any atom is -0.296 e. The van der Waals surface area contributed by atoms with E-state index in [1.165, 1.54) is 0 Å². The summed E-state index contributed by atoms with van der Waals surface area (Å²) in [6, 6.07) is 9.19. The molecule has 0 radical (unpaired) electrons. The van der Waals surface area contributed by atoms with Crippen molar-refractivity contribution in [2.24, 2.45) is 0 Å². The van der Waals surface area contributed by atoms with Gasteiger partial charge in [0.05, 0.1) is 5.92 Å². The van der Waals surface area contributed by atoms with Gasteiger partial charge in [-0.1, -0.05) is 23.7 Å². The fourth-order valence-electron chi connectivity index (χ4n) is 2.66. The SMILES string of the molecule is O=C1CC(c2sccc2Br)C(c2cccc(Cl)c2)C(=O)N1. The van der Waals surface area contributed by atoms with Gasteiger partial charge in [-0.3, -0.25) is 14.9 Å². The molecule has 3 rings (SSSR count). The molecule has 3 nitrogen and oxygen atoms in total. The molecule has 1 aliphatic rings. The van der Waals surface area contributed by atoms with Crippen LogP contribution in [0.3, 0.4) is 0 Å². The van der Waals surface area contributed by atoms with Crippen LogP contribution in [0.25, 0.3) is 0 Å². The smallest absolute Gasteiger partial charge is 0.234 e. The Balaban J connectivity index is 2.07. The summed E-state index contributed by atoms with van der Waals surface area (Å²) >= 11 is 11.1. The second-order valence-corrected chi connectivity index (χ2v) is 7.13. The van der Waals surface area contributed by atoms with E-state index in [9.17, 15) is 9.59 Å². The Bertz CT molecular complexity index is 715. The topological polar surface area (TPSA) is 46.2 Å². The Morgan fingerprint density at radius 3 is 2.76 bits per heavy atom. The number of hydrogen-bond donors (Lipinski definition) is 1. The van der Waals surface area contributed by atoms with E-state index in [0.717, 1.165) is 14.9 Å². The van der Waals surface area contributed by atoms with Crippen LogP contribution >= 0.6 is 38.9 Å². The lowest BCUT2D eigenvalue weighted by molar-refractivity contribution is -0.135. The summed E-state index contributed by atoms with van der Waals surface area (Å²) in [4.78, 5) is 25.1. The number of imide groups is 1. The van der Waals surface area contributed by atoms with Gasteiger partial charge < -0.3 is 0 Å². The van der Waals surface area contributed by atoms with Crippen molar-refractivity contribution >= 4 is 50.7 Å². The Kier molecular flexibility index (Phi) is 4.15. The maximum Gasteiger partial charge on any atom is 0.234 e. The molecular formula is C15H11BrClNO2S. The predicted molar refractivity (Wildman–Crippen MR) is 86.7 cm³/mol. The molecule has 21 heavy (non-hydrogen) atoms. The Morgan fingerprint density at radius 2 is 2.10 bits per heavy atom. The summed E-state index contributed by atoms with van der Waals surface area (Å²) in [5, 5.41) is 4.96. The second-order valence-electron chi connectivity index (χ2n) is 4.89. The molecule has 0 spiro atoms. The van der Waals surface area contributed by atoms with Crippen LogP contribution in [-0.4, -0.2) is 11.8 Å². The van der Waals surface area contributed by atoms with Crippen LogP contribution in [0, 0.1) is 0 Å². The fourth-order valence-corrected chi connectivity index (χ4v) is 4.67. The van der Waals surface area contributed by atoms with Crippen molar-refractivity contribution in [1.29, 1.82) is 0 Å². The van der Waals surface area contributed by atoms with Gasteiger partial charge in [-0.2, -0.15) is 0 Å². The van der Waals surface area contributed by atoms with Gasteiger partial charge in [-0.05, 0) is 45.1 Å². The van der Waals surface area contributed by atoms with Gasteiger partial charge in [0, 0.05) is 26.7 Å². The number of carbonyl (C=O) groups is 2. The van der Waals surface area contributed by atoms with Crippen LogP contribution < -0.4 is 5.32 Å². The van der Waals surface area contributed by atoms with Crippen molar-refractivity contribution in [2.75, 3.05) is 0 Å². The summed E-state index contributed by atoms with van der Waals surface area (Å²) in [6.45, 7) is 0. The lowest BCUT2D eigenvalue weighted by Gasteiger charge is -2.30. The average Bonchev–Trinajstić information content (AvgIpc) is 2.84. The highest BCUT2D eigenvalue weighted by Gasteiger charge is 2.39. The molecule has 2 atom stereocenters. The number of benzene rings is 1. The van der Waals surface area contributed by atoms with Crippen molar-refractivity contribution in [3.63, 3.8) is 0 Å². The van der Waals surface area contributed by atoms with E-state index in [1.807, 2.05) is 23.6 Å². The van der Waals surface area contributed by atoms with Crippen molar-refractivity contribution in [3.05, 3.63) is 55.6 Å². The largest absolute Gasteiger partial charge is 0.296 e. The minimum atomic E-state index is -0.406. The van der Waals surface area contributed by atoms with E-state index in [2.05, 4.69) is 21.2 Å². The monoisotopic (exact) mass is 383 g/mol. The van der Waals surface area contributed by atoms with Gasteiger partial charge in [0.15, 0.2) is 0 Å². The Labute approximate surface area is 139 Å². The first-order valence-electron chi connectivity index (χ1n) is 6.38. The van der Waals surface area contributed by atoms with Crippen LogP contribution in [0.4, 0.5) is 0 Å². The van der Waals surface area contributed by atoms with E-state index in [4.69, 9.17) is 11.6 Å². The number of thiophene rings is 1. The molecule has 2 unspecified atom stereocenters. The number of nitrogens with one attached hydrogen (secondary N) is 1. The highest BCUT2D eigenvalue weighted by atomic mass is 79.9. The molecular weight excluding hydrogens is 374 g/mol. The van der Waals surface area contributed by atoms with Crippen LogP contribution in [0.2, 0.25) is 5.02 Å². The molecule has 1 aliphatic heterocycles. The molecule has 1 aromatic carbocycles. The fraction of sp³-hybridized carbons (Fsp3) is 0.200. The number of carbonyl (C=O) groups excluding carboxylic acids is 2. The third kappa shape index (κ3) is 2.91. The first-order valence-corrected chi connectivity index (χ1v) is 8.43. The van der Waals surface area contributed by atoms with Gasteiger partial charge in [-0.25, -0.2) is 0 Å². The number of halogens is 2. The van der Waals surface area contributed by atoms with E-state index in [-0.39, 0.29) is 17.7 Å². The molecule has 1 fully saturated rings. The lowest BCUT2D eigenvalue weighted by atomic mass is 9.79. The number of hydrogen-bond acceptors (Lipinski definition) is 3. The first kappa shape index (κ1) is 14.8. The van der Waals surface area contributed by atoms with Gasteiger partial charge in [0.1, 0.15) is 0 Å². The third-order valence-electron chi connectivity index (χ3n) is 3.54. The predicted octanol–water partition coefficient (Wildman–Crippen LogP) is 4.08. The maximum absolute atomic E-state index is 12.3. The van der Waals surface area contributed by atoms with Gasteiger partial charge >= 0.3 is 0 Å². The summed E-state index contributed by atoms with van der Waals surface area (Å²) in [5.74, 6) is -1.07. The molecule has 0 saturated carbocycles. The summed E-state index contributed by atoms with van der Waals surface area (Å²) < 4.78 is 0.937. The van der Waals surface area contributed by atoms with Crippen LogP contribution in [0.1, 0.15) is 28.7 Å². The van der Waals surface area contributed by atoms with E-state index >= 15 is 0 Å². The van der Waals surface area contributed by atoms with Crippen LogP contribution in [0.5, 0.6) is 0 Å². The van der Waals surface area contributed by atoms with E-state index in [0.29, 0.717) is 11.4 Å². The van der Waals surface area contributed by atoms with E-state index < -0.39 is 5.92 Å². The number of piperidine rings is 1. The van der Waals surface area contributed by atoms with Crippen LogP contribution in [0.15, 0.2) is 40.2 Å². The number of rotatable bonds is 2. The zero-order valence-electron chi connectivity index (χ0n) is 10.8. The molecule has 1 N–H and O–H groups in total. The average molecular weight is 385 g/mol. The van der Waals surface area contributed by atoms with Crippen LogP contribution in [-0.2, 0) is 9.59 Å². The standard InChI is InChI=1S/C15H11BrClNO2S/c16-11-4-5-21-14(11)10-7-12(19)18-15(20)13(10)8-2-1-3-9(17)6-8/h1-6,10,13H,7H2,(H,18,19,20). The highest BCUT2D eigenvalue weighted by molar-refractivity contribution is 9.10. The quantitative estimate of drug-likeness (QED) is 0.793. The Hall–Kier alpha value is -1.17. The molecule has 108 valence electrons. The summed E-state index contributed by atoms with van der Waals surface area (Å²) in [6.07, 6.45) is 0.294. The minimum absolute atomic E-state index is 0.168. The van der Waals surface area contributed by atoms with Gasteiger partial charge in [0.25, 0.3) is 0 Å². The highest BCUT2D eigenvalue weighted by Crippen LogP contribution is 2.43. The molecule has 2 amide bonds. The molecule has 2 heterocycles. The van der Waals surface area contributed by atoms with Crippen molar-refractivity contribution in [2.45, 2.75) is 18.3 Å². The molecule has 1 aromatic heterocycles. The maximum atomic E-state index is 12.3. The second kappa shape index (κ2) is 5.91. The van der Waals surface area contributed by atoms with Crippen molar-refractivity contribution < 1.29 is 9.59 Å². The summed E-state index contributed by atoms with van der Waals surface area (Å²) in [7, 11) is 0. The third-order valence-corrected chi connectivity index (χ3v) is 5.78. The Morgan fingerprint density at radius 1 is 1.29 bits per heavy atom. The zero-order chi connectivity index (χ0) is 15.0. The van der Waals surface area contributed by atoms with Gasteiger partial charge in [0.2, 0.25) is 11.8 Å². The molecule has 0 bridgehead atoms. The normalized spacial score (nSPS) is 22.2. The van der Waals surface area contributed by atoms with Crippen molar-refractivity contribution in [3.8, 4) is 0 Å². The lowest BCUT2D eigenvalue weighted by Crippen LogP contribution is -2.43. The summed E-state index contributed by atoms with van der Waals surface area (Å²) in [5.41, 5.74) is 0.831. The molecule has 1 saturated heterocycles. The molecule has 6 heteroatoms. The molecule has 2 aromatic rings. The number of amides is 2. The zero-order valence-corrected chi connectivity index (χ0v) is 14.0. The first-order chi connectivity index (χ1) is 10.1.